The molecule has 30 heavy (non-hydrogen) atoms. The topological polar surface area (TPSA) is 84.2 Å². The molecule has 0 spiro atoms. The van der Waals surface area contributed by atoms with Gasteiger partial charge in [-0.25, -0.2) is 14.5 Å². The van der Waals surface area contributed by atoms with Crippen LogP contribution in [-0.2, 0) is 10.8 Å². The van der Waals surface area contributed by atoms with Crippen molar-refractivity contribution in [3.63, 3.8) is 0 Å². The van der Waals surface area contributed by atoms with Crippen LogP contribution in [-0.4, -0.2) is 49.1 Å². The first-order valence-electron chi connectivity index (χ1n) is 10.2. The highest BCUT2D eigenvalue weighted by Crippen LogP contribution is 2.41. The van der Waals surface area contributed by atoms with E-state index in [1.54, 1.807) is 17.5 Å². The number of hydrogen-bond donors (Lipinski definition) is 1. The Morgan fingerprint density at radius 1 is 1.27 bits per heavy atom. The second kappa shape index (κ2) is 7.94. The third-order valence-corrected chi connectivity index (χ3v) is 10.1. The van der Waals surface area contributed by atoms with Crippen LogP contribution in [0.4, 0.5) is 5.69 Å². The fourth-order valence-electron chi connectivity index (χ4n) is 4.23. The van der Waals surface area contributed by atoms with Crippen molar-refractivity contribution in [3.05, 3.63) is 23.2 Å². The lowest BCUT2D eigenvalue weighted by Gasteiger charge is -2.20. The number of thiazole rings is 1. The molecule has 2 N–H and O–H groups in total. The van der Waals surface area contributed by atoms with Gasteiger partial charge in [0.15, 0.2) is 12.3 Å². The van der Waals surface area contributed by atoms with Crippen LogP contribution in [0, 0.1) is 0 Å². The van der Waals surface area contributed by atoms with Gasteiger partial charge in [0, 0.05) is 34.7 Å². The molecule has 0 amide bonds. The minimum Gasteiger partial charge on any atom is -0.396 e. The molecule has 5 rings (SSSR count). The molecule has 156 valence electrons. The molecule has 0 aromatic carbocycles. The van der Waals surface area contributed by atoms with E-state index in [1.807, 2.05) is 19.4 Å². The summed E-state index contributed by atoms with van der Waals surface area (Å²) in [6.07, 6.45) is 7.36. The fraction of sp³-hybridized carbons (Fsp3) is 0.429. The van der Waals surface area contributed by atoms with Crippen molar-refractivity contribution >= 4 is 60.9 Å². The summed E-state index contributed by atoms with van der Waals surface area (Å²) in [4.78, 5) is 14.8. The highest BCUT2D eigenvalue weighted by atomic mass is 32.2. The van der Waals surface area contributed by atoms with Gasteiger partial charge in [-0.05, 0) is 18.9 Å². The minimum absolute atomic E-state index is 0.198. The highest BCUT2D eigenvalue weighted by Gasteiger charge is 2.30. The number of rotatable bonds is 4. The number of aliphatic imine (C=N–C) groups is 1. The zero-order chi connectivity index (χ0) is 20.8. The molecular formula is C21H24N5OS3+. The number of nitrogens with two attached hydrogens (primary N) is 1. The van der Waals surface area contributed by atoms with E-state index in [2.05, 4.69) is 20.6 Å². The van der Waals surface area contributed by atoms with E-state index in [0.29, 0.717) is 12.2 Å². The number of hydrogen-bond acceptors (Lipinski definition) is 7. The van der Waals surface area contributed by atoms with Gasteiger partial charge in [0.2, 0.25) is 0 Å². The Kier molecular flexibility index (Phi) is 5.28. The van der Waals surface area contributed by atoms with Crippen LogP contribution in [0.1, 0.15) is 44.6 Å². The second-order valence-electron chi connectivity index (χ2n) is 7.80. The Labute approximate surface area is 186 Å². The summed E-state index contributed by atoms with van der Waals surface area (Å²) < 4.78 is 16.3. The van der Waals surface area contributed by atoms with Crippen LogP contribution in [0.15, 0.2) is 26.8 Å². The molecule has 9 heteroatoms. The second-order valence-corrected chi connectivity index (χ2v) is 11.6. The predicted octanol–water partition coefficient (Wildman–Crippen LogP) is 4.31. The average Bonchev–Trinajstić information content (AvgIpc) is 3.49. The van der Waals surface area contributed by atoms with Gasteiger partial charge >= 0.3 is 0 Å². The molecule has 1 saturated carbocycles. The number of nitrogens with zero attached hydrogens (tertiary/aromatic N) is 4. The Balaban J connectivity index is 1.70. The van der Waals surface area contributed by atoms with Gasteiger partial charge in [-0.2, -0.15) is 0 Å². The molecule has 2 aliphatic rings. The summed E-state index contributed by atoms with van der Waals surface area (Å²) in [6, 6.07) is 2.07. The van der Waals surface area contributed by atoms with Crippen molar-refractivity contribution in [2.24, 2.45) is 4.99 Å². The lowest BCUT2D eigenvalue weighted by atomic mass is 10.0. The molecular weight excluding hydrogens is 434 g/mol. The third-order valence-electron chi connectivity index (χ3n) is 6.01. The van der Waals surface area contributed by atoms with E-state index in [-0.39, 0.29) is 5.25 Å². The van der Waals surface area contributed by atoms with Crippen molar-refractivity contribution < 1.29 is 8.78 Å². The standard InChI is InChI=1S/C21H24N5OS3/c1-12-24-11-16(26(12)2)14-10-15(19-23-8-9-28-19)25-20-17(14)18(22)21(29-20)30(27)13-6-4-3-5-7-13/h8-10,13H,3-7,11,22H2,1-2H3/q+1. The Morgan fingerprint density at radius 3 is 2.73 bits per heavy atom. The number of anilines is 1. The molecule has 0 radical (unpaired) electrons. The van der Waals surface area contributed by atoms with Gasteiger partial charge in [-0.15, -0.1) is 22.7 Å². The number of nitrogen functional groups attached to an aromatic ring is 1. The first kappa shape index (κ1) is 20.0. The quantitative estimate of drug-likeness (QED) is 0.591. The number of thiophene rings is 1. The summed E-state index contributed by atoms with van der Waals surface area (Å²) in [7, 11) is 0.934. The minimum atomic E-state index is -1.09. The van der Waals surface area contributed by atoms with E-state index in [0.717, 1.165) is 67.9 Å². The van der Waals surface area contributed by atoms with Crippen molar-refractivity contribution in [3.8, 4) is 10.7 Å². The normalized spacial score (nSPS) is 18.9. The summed E-state index contributed by atoms with van der Waals surface area (Å²) >= 11 is 3.05. The summed E-state index contributed by atoms with van der Waals surface area (Å²) in [5.41, 5.74) is 10.2. The van der Waals surface area contributed by atoms with Crippen LogP contribution >= 0.6 is 22.7 Å². The van der Waals surface area contributed by atoms with E-state index in [1.165, 1.54) is 17.8 Å². The lowest BCUT2D eigenvalue weighted by molar-refractivity contribution is -0.367. The zero-order valence-electron chi connectivity index (χ0n) is 17.1. The maximum Gasteiger partial charge on any atom is 0.289 e. The van der Waals surface area contributed by atoms with Gasteiger partial charge in [-0.1, -0.05) is 24.3 Å². The maximum atomic E-state index is 13.4. The fourth-order valence-corrected chi connectivity index (χ4v) is 8.04. The summed E-state index contributed by atoms with van der Waals surface area (Å²) in [5.74, 6) is 0.977. The predicted molar refractivity (Wildman–Crippen MR) is 127 cm³/mol. The van der Waals surface area contributed by atoms with Gasteiger partial charge < -0.3 is 5.73 Å². The van der Waals surface area contributed by atoms with Crippen LogP contribution < -0.4 is 5.73 Å². The molecule has 1 aliphatic carbocycles. The molecule has 4 heterocycles. The first-order chi connectivity index (χ1) is 14.5. The number of pyridine rings is 1. The molecule has 6 nitrogen and oxygen atoms in total. The van der Waals surface area contributed by atoms with Crippen LogP contribution in [0.2, 0.25) is 0 Å². The molecule has 3 aromatic rings. The van der Waals surface area contributed by atoms with Crippen LogP contribution in [0.3, 0.4) is 0 Å². The molecule has 3 aromatic heterocycles. The first-order valence-corrected chi connectivity index (χ1v) is 13.1. The maximum absolute atomic E-state index is 13.4. The van der Waals surface area contributed by atoms with Crippen LogP contribution in [0.25, 0.3) is 20.9 Å². The van der Waals surface area contributed by atoms with Gasteiger partial charge in [0.1, 0.15) is 19.7 Å². The lowest BCUT2D eigenvalue weighted by Crippen LogP contribution is -2.19. The Bertz CT molecular complexity index is 1200. The smallest absolute Gasteiger partial charge is 0.289 e. The van der Waals surface area contributed by atoms with Crippen molar-refractivity contribution in [2.75, 3.05) is 19.3 Å². The largest absolute Gasteiger partial charge is 0.396 e. The van der Waals surface area contributed by atoms with E-state index in [4.69, 9.17) is 10.7 Å². The molecule has 1 atom stereocenters. The molecule has 0 bridgehead atoms. The van der Waals surface area contributed by atoms with Crippen molar-refractivity contribution in [2.45, 2.75) is 48.5 Å². The SMILES string of the molecule is CC1=NCC(c2cc(-c3nccs3)nc3sc(S(=O)C4CCCCC4)c(N)c23)=[N+]1C. The summed E-state index contributed by atoms with van der Waals surface area (Å²) in [5, 5.41) is 3.93. The van der Waals surface area contributed by atoms with Gasteiger partial charge in [0.05, 0.1) is 23.5 Å². The number of aromatic nitrogens is 2. The Morgan fingerprint density at radius 2 is 2.07 bits per heavy atom. The molecule has 1 aliphatic heterocycles. The van der Waals surface area contributed by atoms with Gasteiger partial charge in [0.25, 0.3) is 5.84 Å². The molecule has 1 fully saturated rings. The third kappa shape index (κ3) is 3.33. The van der Waals surface area contributed by atoms with Crippen molar-refractivity contribution in [1.82, 2.24) is 9.97 Å². The Hall–Kier alpha value is -1.97. The number of fused-ring (bicyclic) bond motifs is 1. The molecule has 0 saturated heterocycles. The van der Waals surface area contributed by atoms with Gasteiger partial charge in [-0.3, -0.25) is 4.21 Å². The van der Waals surface area contributed by atoms with Crippen molar-refractivity contribution in [1.29, 1.82) is 0 Å². The van der Waals surface area contributed by atoms with E-state index < -0.39 is 10.8 Å². The zero-order valence-corrected chi connectivity index (χ0v) is 19.5. The molecule has 1 unspecified atom stereocenters. The summed E-state index contributed by atoms with van der Waals surface area (Å²) in [6.45, 7) is 2.61. The number of amidine groups is 1. The average molecular weight is 459 g/mol. The highest BCUT2D eigenvalue weighted by molar-refractivity contribution is 7.88. The van der Waals surface area contributed by atoms with E-state index >= 15 is 0 Å². The van der Waals surface area contributed by atoms with Crippen LogP contribution in [0.5, 0.6) is 0 Å². The van der Waals surface area contributed by atoms with E-state index in [9.17, 15) is 4.21 Å². The monoisotopic (exact) mass is 458 g/mol.